The SMILES string of the molecule is Nc1ccccc1CCCN(Cc1cccs1)C1CC1. The van der Waals surface area contributed by atoms with E-state index in [-0.39, 0.29) is 0 Å². The van der Waals surface area contributed by atoms with E-state index in [1.165, 1.54) is 36.2 Å². The van der Waals surface area contributed by atoms with Crippen molar-refractivity contribution in [2.24, 2.45) is 0 Å². The molecule has 0 atom stereocenters. The summed E-state index contributed by atoms with van der Waals surface area (Å²) in [6.45, 7) is 2.30. The van der Waals surface area contributed by atoms with Gasteiger partial charge in [-0.25, -0.2) is 0 Å². The molecular weight excluding hydrogens is 264 g/mol. The summed E-state index contributed by atoms with van der Waals surface area (Å²) >= 11 is 1.87. The zero-order valence-electron chi connectivity index (χ0n) is 11.8. The second-order valence-corrected chi connectivity index (χ2v) is 6.62. The first-order valence-electron chi connectivity index (χ1n) is 7.43. The fraction of sp³-hybridized carbons (Fsp3) is 0.412. The van der Waals surface area contributed by atoms with Gasteiger partial charge in [0.05, 0.1) is 0 Å². The number of rotatable bonds is 7. The predicted octanol–water partition coefficient (Wildman–Crippen LogP) is 3.93. The normalized spacial score (nSPS) is 14.8. The molecule has 0 unspecified atom stereocenters. The average Bonchev–Trinajstić information content (AvgIpc) is 3.18. The highest BCUT2D eigenvalue weighted by Crippen LogP contribution is 2.29. The lowest BCUT2D eigenvalue weighted by Crippen LogP contribution is -2.26. The number of para-hydroxylation sites is 1. The molecule has 1 aliphatic rings. The molecule has 2 nitrogen and oxygen atoms in total. The molecule has 1 saturated carbocycles. The van der Waals surface area contributed by atoms with Crippen molar-refractivity contribution < 1.29 is 0 Å². The van der Waals surface area contributed by atoms with Crippen LogP contribution in [0.1, 0.15) is 29.7 Å². The minimum Gasteiger partial charge on any atom is -0.399 e. The van der Waals surface area contributed by atoms with Gasteiger partial charge >= 0.3 is 0 Å². The Kier molecular flexibility index (Phi) is 4.38. The van der Waals surface area contributed by atoms with Gasteiger partial charge in [-0.15, -0.1) is 11.3 Å². The van der Waals surface area contributed by atoms with Gasteiger partial charge in [-0.2, -0.15) is 0 Å². The molecule has 0 aliphatic heterocycles. The Hall–Kier alpha value is -1.32. The van der Waals surface area contributed by atoms with Crippen molar-refractivity contribution in [1.29, 1.82) is 0 Å². The van der Waals surface area contributed by atoms with Crippen LogP contribution in [0.3, 0.4) is 0 Å². The van der Waals surface area contributed by atoms with Crippen molar-refractivity contribution in [2.45, 2.75) is 38.3 Å². The van der Waals surface area contributed by atoms with Gasteiger partial charge in [0, 0.05) is 23.2 Å². The summed E-state index contributed by atoms with van der Waals surface area (Å²) in [5.74, 6) is 0. The zero-order valence-corrected chi connectivity index (χ0v) is 12.6. The standard InChI is InChI=1S/C17H22N2S/c18-17-8-2-1-5-14(17)6-3-11-19(15-9-10-15)13-16-7-4-12-20-16/h1-2,4-5,7-8,12,15H,3,6,9-11,13,18H2. The number of nitrogen functional groups attached to an aromatic ring is 1. The molecule has 1 aromatic heterocycles. The van der Waals surface area contributed by atoms with Crippen LogP contribution in [0, 0.1) is 0 Å². The van der Waals surface area contributed by atoms with Crippen LogP contribution in [0.15, 0.2) is 41.8 Å². The Balaban J connectivity index is 1.51. The van der Waals surface area contributed by atoms with E-state index in [4.69, 9.17) is 5.73 Å². The average molecular weight is 286 g/mol. The Morgan fingerprint density at radius 1 is 1.15 bits per heavy atom. The second kappa shape index (κ2) is 6.42. The third-order valence-corrected chi connectivity index (χ3v) is 4.81. The maximum absolute atomic E-state index is 6.01. The van der Waals surface area contributed by atoms with Gasteiger partial charge < -0.3 is 5.73 Å². The fourth-order valence-corrected chi connectivity index (χ4v) is 3.40. The Morgan fingerprint density at radius 2 is 2.00 bits per heavy atom. The lowest BCUT2D eigenvalue weighted by molar-refractivity contribution is 0.254. The van der Waals surface area contributed by atoms with Crippen LogP contribution in [0.25, 0.3) is 0 Å². The molecule has 1 fully saturated rings. The second-order valence-electron chi connectivity index (χ2n) is 5.58. The van der Waals surface area contributed by atoms with Gasteiger partial charge in [0.1, 0.15) is 0 Å². The lowest BCUT2D eigenvalue weighted by Gasteiger charge is -2.21. The highest BCUT2D eigenvalue weighted by molar-refractivity contribution is 7.09. The van der Waals surface area contributed by atoms with Crippen molar-refractivity contribution >= 4 is 17.0 Å². The molecule has 1 aromatic carbocycles. The van der Waals surface area contributed by atoms with E-state index >= 15 is 0 Å². The van der Waals surface area contributed by atoms with Gasteiger partial charge in [0.25, 0.3) is 0 Å². The minimum absolute atomic E-state index is 0.824. The van der Waals surface area contributed by atoms with Gasteiger partial charge in [-0.05, 0) is 55.3 Å². The van der Waals surface area contributed by atoms with Gasteiger partial charge in [-0.1, -0.05) is 24.3 Å². The van der Waals surface area contributed by atoms with Gasteiger partial charge in [0.15, 0.2) is 0 Å². The van der Waals surface area contributed by atoms with E-state index in [0.717, 1.165) is 24.7 Å². The van der Waals surface area contributed by atoms with E-state index in [9.17, 15) is 0 Å². The smallest absolute Gasteiger partial charge is 0.0346 e. The zero-order chi connectivity index (χ0) is 13.8. The molecule has 3 rings (SSSR count). The summed E-state index contributed by atoms with van der Waals surface area (Å²) in [6.07, 6.45) is 5.02. The quantitative estimate of drug-likeness (QED) is 0.781. The summed E-state index contributed by atoms with van der Waals surface area (Å²) in [6, 6.07) is 13.5. The maximum atomic E-state index is 6.01. The third-order valence-electron chi connectivity index (χ3n) is 3.95. The number of thiophene rings is 1. The molecule has 0 spiro atoms. The Bertz CT molecular complexity index is 532. The summed E-state index contributed by atoms with van der Waals surface area (Å²) in [7, 11) is 0. The molecule has 0 saturated heterocycles. The maximum Gasteiger partial charge on any atom is 0.0346 e. The van der Waals surface area contributed by atoms with Crippen LogP contribution in [0.2, 0.25) is 0 Å². The first kappa shape index (κ1) is 13.7. The van der Waals surface area contributed by atoms with Crippen LogP contribution in [0.4, 0.5) is 5.69 Å². The highest BCUT2D eigenvalue weighted by Gasteiger charge is 2.28. The number of nitrogens with two attached hydrogens (primary N) is 1. The van der Waals surface area contributed by atoms with Crippen molar-refractivity contribution in [1.82, 2.24) is 4.90 Å². The minimum atomic E-state index is 0.824. The largest absolute Gasteiger partial charge is 0.399 e. The first-order valence-corrected chi connectivity index (χ1v) is 8.31. The molecule has 1 heterocycles. The van der Waals surface area contributed by atoms with Crippen molar-refractivity contribution in [3.05, 3.63) is 52.2 Å². The fourth-order valence-electron chi connectivity index (χ4n) is 2.67. The predicted molar refractivity (Wildman–Crippen MR) is 86.9 cm³/mol. The number of anilines is 1. The monoisotopic (exact) mass is 286 g/mol. The van der Waals surface area contributed by atoms with Crippen LogP contribution in [-0.2, 0) is 13.0 Å². The number of nitrogens with zero attached hydrogens (tertiary/aromatic N) is 1. The Morgan fingerprint density at radius 3 is 2.70 bits per heavy atom. The van der Waals surface area contributed by atoms with Crippen LogP contribution >= 0.6 is 11.3 Å². The number of hydrogen-bond acceptors (Lipinski definition) is 3. The van der Waals surface area contributed by atoms with Crippen molar-refractivity contribution in [2.75, 3.05) is 12.3 Å². The first-order chi connectivity index (χ1) is 9.83. The van der Waals surface area contributed by atoms with Crippen LogP contribution < -0.4 is 5.73 Å². The van der Waals surface area contributed by atoms with Crippen molar-refractivity contribution in [3.63, 3.8) is 0 Å². The Labute approximate surface area is 125 Å². The molecule has 3 heteroatoms. The van der Waals surface area contributed by atoms with E-state index in [1.54, 1.807) is 0 Å². The molecular formula is C17H22N2S. The highest BCUT2D eigenvalue weighted by atomic mass is 32.1. The van der Waals surface area contributed by atoms with E-state index in [2.05, 4.69) is 34.5 Å². The van der Waals surface area contributed by atoms with Crippen molar-refractivity contribution in [3.8, 4) is 0 Å². The van der Waals surface area contributed by atoms with E-state index in [0.29, 0.717) is 0 Å². The molecule has 2 N–H and O–H groups in total. The van der Waals surface area contributed by atoms with Crippen LogP contribution in [0.5, 0.6) is 0 Å². The third kappa shape index (κ3) is 3.62. The summed E-state index contributed by atoms with van der Waals surface area (Å²) < 4.78 is 0. The molecule has 2 aromatic rings. The topological polar surface area (TPSA) is 29.3 Å². The molecule has 0 radical (unpaired) electrons. The summed E-state index contributed by atoms with van der Waals surface area (Å²) in [5, 5.41) is 2.17. The van der Waals surface area contributed by atoms with Gasteiger partial charge in [-0.3, -0.25) is 4.90 Å². The molecule has 20 heavy (non-hydrogen) atoms. The molecule has 106 valence electrons. The van der Waals surface area contributed by atoms with Crippen LogP contribution in [-0.4, -0.2) is 17.5 Å². The number of hydrogen-bond donors (Lipinski definition) is 1. The molecule has 1 aliphatic carbocycles. The molecule has 0 bridgehead atoms. The number of aryl methyl sites for hydroxylation is 1. The molecule has 0 amide bonds. The van der Waals surface area contributed by atoms with Gasteiger partial charge in [0.2, 0.25) is 0 Å². The van der Waals surface area contributed by atoms with E-state index < -0.39 is 0 Å². The summed E-state index contributed by atoms with van der Waals surface area (Å²) in [4.78, 5) is 4.13. The number of benzene rings is 1. The lowest BCUT2D eigenvalue weighted by atomic mass is 10.1. The van der Waals surface area contributed by atoms with E-state index in [1.807, 2.05) is 23.5 Å². The summed E-state index contributed by atoms with van der Waals surface area (Å²) in [5.41, 5.74) is 8.23.